The number of rotatable bonds is 5. The number of benzene rings is 1. The Morgan fingerprint density at radius 1 is 1.18 bits per heavy atom. The first-order chi connectivity index (χ1) is 13.2. The van der Waals surface area contributed by atoms with E-state index < -0.39 is 17.8 Å². The lowest BCUT2D eigenvalue weighted by molar-refractivity contribution is -0.141. The normalized spacial score (nSPS) is 11.5. The van der Waals surface area contributed by atoms with Crippen LogP contribution in [0.5, 0.6) is 0 Å². The molecule has 3 aromatic rings. The average molecular weight is 464 g/mol. The van der Waals surface area contributed by atoms with E-state index in [1.807, 2.05) is 0 Å². The molecule has 0 unspecified atom stereocenters. The number of hydrogen-bond donors (Lipinski definition) is 1. The number of carbonyl (C=O) groups is 1. The second-order valence-corrected chi connectivity index (χ2v) is 8.01. The van der Waals surface area contributed by atoms with Crippen LogP contribution in [0.1, 0.15) is 5.69 Å². The molecule has 0 aliphatic carbocycles. The molecule has 0 saturated carbocycles. The van der Waals surface area contributed by atoms with Crippen molar-refractivity contribution in [3.05, 3.63) is 57.5 Å². The zero-order valence-electron chi connectivity index (χ0n) is 13.8. The van der Waals surface area contributed by atoms with Crippen molar-refractivity contribution < 1.29 is 18.0 Å². The number of carbonyl (C=O) groups excluding carboxylic acids is 1. The predicted octanol–water partition coefficient (Wildman–Crippen LogP) is 6.26. The second-order valence-electron chi connectivity index (χ2n) is 5.33. The van der Waals surface area contributed by atoms with Crippen LogP contribution in [0, 0.1) is 0 Å². The van der Waals surface area contributed by atoms with Crippen molar-refractivity contribution in [2.24, 2.45) is 0 Å². The third kappa shape index (κ3) is 5.16. The van der Waals surface area contributed by atoms with E-state index in [0.29, 0.717) is 10.6 Å². The van der Waals surface area contributed by atoms with Gasteiger partial charge in [0.25, 0.3) is 0 Å². The van der Waals surface area contributed by atoms with Crippen molar-refractivity contribution in [1.82, 2.24) is 9.97 Å². The summed E-state index contributed by atoms with van der Waals surface area (Å²) in [7, 11) is 0. The van der Waals surface area contributed by atoms with Crippen LogP contribution < -0.4 is 5.32 Å². The smallest absolute Gasteiger partial charge is 0.324 e. The first-order valence-corrected chi connectivity index (χ1v) is 10.2. The molecule has 0 aliphatic heterocycles. The van der Waals surface area contributed by atoms with Crippen LogP contribution in [0.2, 0.25) is 10.0 Å². The van der Waals surface area contributed by atoms with E-state index in [9.17, 15) is 18.0 Å². The zero-order chi connectivity index (χ0) is 20.3. The quantitative estimate of drug-likeness (QED) is 0.358. The van der Waals surface area contributed by atoms with Gasteiger partial charge in [0.2, 0.25) is 5.91 Å². The molecular formula is C17H10Cl2F3N3OS2. The monoisotopic (exact) mass is 463 g/mol. The molecule has 0 bridgehead atoms. The number of aromatic nitrogens is 2. The van der Waals surface area contributed by atoms with Crippen molar-refractivity contribution >= 4 is 57.9 Å². The SMILES string of the molecule is O=C(CSc1nc(-c2cccs2)cc(C(F)(F)F)n1)Nc1cccc(Cl)c1Cl. The van der Waals surface area contributed by atoms with Crippen molar-refractivity contribution in [1.29, 1.82) is 0 Å². The van der Waals surface area contributed by atoms with E-state index in [1.54, 1.807) is 35.7 Å². The lowest BCUT2D eigenvalue weighted by Crippen LogP contribution is -2.15. The molecule has 0 spiro atoms. The minimum atomic E-state index is -4.62. The number of nitrogens with one attached hydrogen (secondary N) is 1. The Labute approximate surface area is 176 Å². The Hall–Kier alpha value is -1.81. The van der Waals surface area contributed by atoms with Gasteiger partial charge in [0.05, 0.1) is 32.1 Å². The molecular weight excluding hydrogens is 454 g/mol. The number of thiophene rings is 1. The number of halogens is 5. The Bertz CT molecular complexity index is 998. The Balaban J connectivity index is 1.77. The summed E-state index contributed by atoms with van der Waals surface area (Å²) >= 11 is 13.9. The second kappa shape index (κ2) is 8.69. The lowest BCUT2D eigenvalue weighted by atomic mass is 10.3. The number of alkyl halides is 3. The van der Waals surface area contributed by atoms with Gasteiger partial charge in [0.1, 0.15) is 5.69 Å². The van der Waals surface area contributed by atoms with Gasteiger partial charge in [0.15, 0.2) is 5.16 Å². The number of amides is 1. The summed E-state index contributed by atoms with van der Waals surface area (Å²) in [6.45, 7) is 0. The third-order valence-corrected chi connectivity index (χ3v) is 5.89. The average Bonchev–Trinajstić information content (AvgIpc) is 3.18. The van der Waals surface area contributed by atoms with Crippen LogP contribution in [0.3, 0.4) is 0 Å². The highest BCUT2D eigenvalue weighted by molar-refractivity contribution is 7.99. The highest BCUT2D eigenvalue weighted by Crippen LogP contribution is 2.33. The molecule has 146 valence electrons. The van der Waals surface area contributed by atoms with E-state index in [1.165, 1.54) is 11.3 Å². The summed E-state index contributed by atoms with van der Waals surface area (Å²) in [5, 5.41) is 4.60. The highest BCUT2D eigenvalue weighted by atomic mass is 35.5. The van der Waals surface area contributed by atoms with Gasteiger partial charge in [-0.2, -0.15) is 13.2 Å². The van der Waals surface area contributed by atoms with Crippen molar-refractivity contribution in [2.75, 3.05) is 11.1 Å². The molecule has 4 nitrogen and oxygen atoms in total. The minimum absolute atomic E-state index is 0.148. The first-order valence-electron chi connectivity index (χ1n) is 7.61. The maximum Gasteiger partial charge on any atom is 0.433 e. The summed E-state index contributed by atoms with van der Waals surface area (Å²) in [6.07, 6.45) is -4.62. The summed E-state index contributed by atoms with van der Waals surface area (Å²) in [6, 6.07) is 9.00. The van der Waals surface area contributed by atoms with Gasteiger partial charge >= 0.3 is 6.18 Å². The third-order valence-electron chi connectivity index (χ3n) is 3.33. The lowest BCUT2D eigenvalue weighted by Gasteiger charge is -2.10. The van der Waals surface area contributed by atoms with E-state index in [4.69, 9.17) is 23.2 Å². The van der Waals surface area contributed by atoms with Gasteiger partial charge in [-0.25, -0.2) is 9.97 Å². The fourth-order valence-corrected chi connectivity index (χ4v) is 3.79. The van der Waals surface area contributed by atoms with Gasteiger partial charge in [-0.05, 0) is 29.6 Å². The molecule has 1 amide bonds. The molecule has 11 heteroatoms. The van der Waals surface area contributed by atoms with Gasteiger partial charge < -0.3 is 5.32 Å². The topological polar surface area (TPSA) is 54.9 Å². The van der Waals surface area contributed by atoms with Crippen LogP contribution in [0.25, 0.3) is 10.6 Å². The predicted molar refractivity (Wildman–Crippen MR) is 106 cm³/mol. The number of thioether (sulfide) groups is 1. The molecule has 0 atom stereocenters. The maximum absolute atomic E-state index is 13.2. The highest BCUT2D eigenvalue weighted by Gasteiger charge is 2.34. The molecule has 28 heavy (non-hydrogen) atoms. The molecule has 2 heterocycles. The molecule has 0 saturated heterocycles. The minimum Gasteiger partial charge on any atom is -0.324 e. The Kier molecular flexibility index (Phi) is 6.49. The van der Waals surface area contributed by atoms with E-state index in [2.05, 4.69) is 15.3 Å². The standard InChI is InChI=1S/C17H10Cl2F3N3OS2/c18-9-3-1-4-10(15(9)19)23-14(26)8-28-16-24-11(12-5-2-6-27-12)7-13(25-16)17(20,21)22/h1-7H,8H2,(H,23,26). The summed E-state index contributed by atoms with van der Waals surface area (Å²) in [5.74, 6) is -0.679. The molecule has 2 aromatic heterocycles. The molecule has 0 aliphatic rings. The van der Waals surface area contributed by atoms with Gasteiger partial charge in [-0.15, -0.1) is 11.3 Å². The van der Waals surface area contributed by atoms with Crippen molar-refractivity contribution in [2.45, 2.75) is 11.3 Å². The molecule has 0 fully saturated rings. The van der Waals surface area contributed by atoms with Crippen LogP contribution in [0.4, 0.5) is 18.9 Å². The molecule has 1 aromatic carbocycles. The Morgan fingerprint density at radius 2 is 1.96 bits per heavy atom. The Morgan fingerprint density at radius 3 is 2.64 bits per heavy atom. The van der Waals surface area contributed by atoms with E-state index in [0.717, 1.165) is 17.8 Å². The fourth-order valence-electron chi connectivity index (χ4n) is 2.10. The fraction of sp³-hybridized carbons (Fsp3) is 0.118. The summed E-state index contributed by atoms with van der Waals surface area (Å²) < 4.78 is 39.5. The van der Waals surface area contributed by atoms with Gasteiger partial charge in [-0.3, -0.25) is 4.79 Å². The van der Waals surface area contributed by atoms with Crippen LogP contribution >= 0.6 is 46.3 Å². The maximum atomic E-state index is 13.2. The summed E-state index contributed by atoms with van der Waals surface area (Å²) in [4.78, 5) is 20.4. The van der Waals surface area contributed by atoms with Crippen LogP contribution in [-0.4, -0.2) is 21.6 Å². The summed E-state index contributed by atoms with van der Waals surface area (Å²) in [5.41, 5.74) is -0.603. The van der Waals surface area contributed by atoms with E-state index in [-0.39, 0.29) is 26.6 Å². The largest absolute Gasteiger partial charge is 0.433 e. The van der Waals surface area contributed by atoms with Gasteiger partial charge in [-0.1, -0.05) is 47.1 Å². The molecule has 0 radical (unpaired) electrons. The number of hydrogen-bond acceptors (Lipinski definition) is 5. The molecule has 1 N–H and O–H groups in total. The van der Waals surface area contributed by atoms with Gasteiger partial charge in [0, 0.05) is 0 Å². The number of anilines is 1. The zero-order valence-corrected chi connectivity index (χ0v) is 16.9. The van der Waals surface area contributed by atoms with Crippen molar-refractivity contribution in [3.63, 3.8) is 0 Å². The molecule has 3 rings (SSSR count). The van der Waals surface area contributed by atoms with Crippen molar-refractivity contribution in [3.8, 4) is 10.6 Å². The van der Waals surface area contributed by atoms with Crippen LogP contribution in [0.15, 0.2) is 46.9 Å². The number of nitrogens with zero attached hydrogens (tertiary/aromatic N) is 2. The van der Waals surface area contributed by atoms with Crippen LogP contribution in [-0.2, 0) is 11.0 Å². The van der Waals surface area contributed by atoms with E-state index >= 15 is 0 Å². The first kappa shape index (κ1) is 20.9.